The molecule has 2 nitrogen and oxygen atoms in total. The summed E-state index contributed by atoms with van der Waals surface area (Å²) in [5.74, 6) is 0. The zero-order chi connectivity index (χ0) is 12.5. The Morgan fingerprint density at radius 2 is 2.06 bits per heavy atom. The highest BCUT2D eigenvalue weighted by Gasteiger charge is 2.34. The lowest BCUT2D eigenvalue weighted by Gasteiger charge is -2.01. The van der Waals surface area contributed by atoms with E-state index in [2.05, 4.69) is 4.98 Å². The van der Waals surface area contributed by atoms with Crippen molar-refractivity contribution in [3.63, 3.8) is 0 Å². The fourth-order valence-electron chi connectivity index (χ4n) is 1.39. The number of benzene rings is 1. The van der Waals surface area contributed by atoms with Crippen LogP contribution in [0.25, 0.3) is 11.3 Å². The van der Waals surface area contributed by atoms with Crippen molar-refractivity contribution >= 4 is 11.3 Å². The first-order chi connectivity index (χ1) is 8.00. The van der Waals surface area contributed by atoms with E-state index < -0.39 is 11.2 Å². The molecular formula is C11H9F3N2S. The molecule has 2 N–H and O–H groups in total. The van der Waals surface area contributed by atoms with Crippen LogP contribution >= 0.6 is 11.3 Å². The van der Waals surface area contributed by atoms with Crippen LogP contribution in [0.2, 0.25) is 0 Å². The zero-order valence-electron chi connectivity index (χ0n) is 8.66. The van der Waals surface area contributed by atoms with Gasteiger partial charge in [0.15, 0.2) is 5.01 Å². The minimum Gasteiger partial charge on any atom is -0.326 e. The summed E-state index contributed by atoms with van der Waals surface area (Å²) in [7, 11) is 0. The fourth-order valence-corrected chi connectivity index (χ4v) is 2.09. The van der Waals surface area contributed by atoms with E-state index >= 15 is 0 Å². The number of nitrogens with two attached hydrogens (primary N) is 1. The van der Waals surface area contributed by atoms with Crippen molar-refractivity contribution in [3.8, 4) is 11.3 Å². The van der Waals surface area contributed by atoms with Gasteiger partial charge in [-0.05, 0) is 11.6 Å². The Hall–Kier alpha value is -1.40. The van der Waals surface area contributed by atoms with Gasteiger partial charge in [-0.25, -0.2) is 4.98 Å². The minimum atomic E-state index is -4.38. The molecule has 0 aliphatic rings. The van der Waals surface area contributed by atoms with Crippen molar-refractivity contribution < 1.29 is 13.2 Å². The molecular weight excluding hydrogens is 249 g/mol. The third-order valence-electron chi connectivity index (χ3n) is 2.21. The molecule has 0 atom stereocenters. The molecule has 1 heterocycles. The molecule has 90 valence electrons. The number of aromatic nitrogens is 1. The lowest BCUT2D eigenvalue weighted by molar-refractivity contribution is -0.137. The molecule has 17 heavy (non-hydrogen) atoms. The van der Waals surface area contributed by atoms with E-state index in [1.165, 1.54) is 5.38 Å². The van der Waals surface area contributed by atoms with Crippen molar-refractivity contribution in [3.05, 3.63) is 40.2 Å². The first kappa shape index (κ1) is 12.1. The first-order valence-corrected chi connectivity index (χ1v) is 5.71. The number of nitrogens with zero attached hydrogens (tertiary/aromatic N) is 1. The average molecular weight is 258 g/mol. The molecule has 0 bridgehead atoms. The number of rotatable bonds is 2. The molecule has 1 aromatic carbocycles. The Kier molecular flexibility index (Phi) is 3.17. The second kappa shape index (κ2) is 4.46. The zero-order valence-corrected chi connectivity index (χ0v) is 9.48. The van der Waals surface area contributed by atoms with Gasteiger partial charge >= 0.3 is 6.18 Å². The molecule has 1 aromatic heterocycles. The molecule has 0 aliphatic carbocycles. The minimum absolute atomic E-state index is 0.331. The maximum Gasteiger partial charge on any atom is 0.443 e. The number of thiazole rings is 1. The Morgan fingerprint density at radius 1 is 1.29 bits per heavy atom. The van der Waals surface area contributed by atoms with Gasteiger partial charge in [0, 0.05) is 17.5 Å². The van der Waals surface area contributed by atoms with Crippen LogP contribution in [0.4, 0.5) is 13.2 Å². The molecule has 0 aliphatic heterocycles. The van der Waals surface area contributed by atoms with Crippen molar-refractivity contribution in [1.82, 2.24) is 4.98 Å². The molecule has 6 heteroatoms. The predicted octanol–water partition coefficient (Wildman–Crippen LogP) is 3.29. The monoisotopic (exact) mass is 258 g/mol. The summed E-state index contributed by atoms with van der Waals surface area (Å²) < 4.78 is 37.2. The standard InChI is InChI=1S/C11H9F3N2S/c12-11(13,14)10-16-9(6-17-10)8-3-1-2-7(4-8)5-15/h1-4,6H,5,15H2. The van der Waals surface area contributed by atoms with E-state index in [1.54, 1.807) is 18.2 Å². The lowest BCUT2D eigenvalue weighted by Crippen LogP contribution is -2.03. The Balaban J connectivity index is 2.37. The van der Waals surface area contributed by atoms with Crippen LogP contribution in [-0.2, 0) is 12.7 Å². The largest absolute Gasteiger partial charge is 0.443 e. The average Bonchev–Trinajstić information content (AvgIpc) is 2.78. The maximum atomic E-state index is 12.4. The first-order valence-electron chi connectivity index (χ1n) is 4.83. The molecule has 2 rings (SSSR count). The van der Waals surface area contributed by atoms with Crippen LogP contribution in [-0.4, -0.2) is 4.98 Å². The van der Waals surface area contributed by atoms with E-state index in [1.807, 2.05) is 6.07 Å². The Labute approximate surface area is 99.9 Å². The predicted molar refractivity (Wildman–Crippen MR) is 60.4 cm³/mol. The second-order valence-electron chi connectivity index (χ2n) is 3.44. The van der Waals surface area contributed by atoms with Crippen LogP contribution in [0, 0.1) is 0 Å². The van der Waals surface area contributed by atoms with Crippen molar-refractivity contribution in [1.29, 1.82) is 0 Å². The van der Waals surface area contributed by atoms with Crippen LogP contribution in [0.3, 0.4) is 0 Å². The highest BCUT2D eigenvalue weighted by atomic mass is 32.1. The van der Waals surface area contributed by atoms with Gasteiger partial charge in [-0.2, -0.15) is 13.2 Å². The van der Waals surface area contributed by atoms with Crippen molar-refractivity contribution in [2.75, 3.05) is 0 Å². The number of halogens is 3. The van der Waals surface area contributed by atoms with Crippen LogP contribution in [0.1, 0.15) is 10.6 Å². The highest BCUT2D eigenvalue weighted by molar-refractivity contribution is 7.10. The van der Waals surface area contributed by atoms with E-state index in [4.69, 9.17) is 5.73 Å². The van der Waals surface area contributed by atoms with Gasteiger partial charge in [-0.3, -0.25) is 0 Å². The molecule has 0 fully saturated rings. The smallest absolute Gasteiger partial charge is 0.326 e. The fraction of sp³-hybridized carbons (Fsp3) is 0.182. The topological polar surface area (TPSA) is 38.9 Å². The summed E-state index contributed by atoms with van der Waals surface area (Å²) in [4.78, 5) is 3.58. The third kappa shape index (κ3) is 2.65. The van der Waals surface area contributed by atoms with Gasteiger partial charge in [0.2, 0.25) is 0 Å². The summed E-state index contributed by atoms with van der Waals surface area (Å²) in [6.45, 7) is 0.351. The quantitative estimate of drug-likeness (QED) is 0.897. The summed E-state index contributed by atoms with van der Waals surface area (Å²) >= 11 is 0.597. The normalized spacial score (nSPS) is 11.8. The molecule has 2 aromatic rings. The molecule has 0 saturated carbocycles. The number of hydrogen-bond acceptors (Lipinski definition) is 3. The third-order valence-corrected chi connectivity index (χ3v) is 3.09. The Bertz CT molecular complexity index is 519. The highest BCUT2D eigenvalue weighted by Crippen LogP contribution is 2.34. The Morgan fingerprint density at radius 3 is 2.65 bits per heavy atom. The van der Waals surface area contributed by atoms with Gasteiger partial charge in [-0.1, -0.05) is 18.2 Å². The van der Waals surface area contributed by atoms with Crippen molar-refractivity contribution in [2.24, 2.45) is 5.73 Å². The van der Waals surface area contributed by atoms with Gasteiger partial charge in [0.25, 0.3) is 0 Å². The summed E-state index contributed by atoms with van der Waals surface area (Å²) in [6, 6.07) is 7.04. The summed E-state index contributed by atoms with van der Waals surface area (Å²) in [6.07, 6.45) is -4.38. The van der Waals surface area contributed by atoms with E-state index in [-0.39, 0.29) is 0 Å². The van der Waals surface area contributed by atoms with Gasteiger partial charge in [0.05, 0.1) is 5.69 Å². The molecule has 0 radical (unpaired) electrons. The van der Waals surface area contributed by atoms with Crippen LogP contribution in [0.5, 0.6) is 0 Å². The molecule has 0 amide bonds. The van der Waals surface area contributed by atoms with E-state index in [9.17, 15) is 13.2 Å². The summed E-state index contributed by atoms with van der Waals surface area (Å²) in [5.41, 5.74) is 7.32. The number of hydrogen-bond donors (Lipinski definition) is 1. The van der Waals surface area contributed by atoms with Crippen LogP contribution < -0.4 is 5.73 Å². The van der Waals surface area contributed by atoms with Crippen LogP contribution in [0.15, 0.2) is 29.6 Å². The van der Waals surface area contributed by atoms with Gasteiger partial charge in [-0.15, -0.1) is 11.3 Å². The SMILES string of the molecule is NCc1cccc(-c2csc(C(F)(F)F)n2)c1. The van der Waals surface area contributed by atoms with Crippen molar-refractivity contribution in [2.45, 2.75) is 12.7 Å². The molecule has 0 spiro atoms. The van der Waals surface area contributed by atoms with Gasteiger partial charge < -0.3 is 5.73 Å². The van der Waals surface area contributed by atoms with Gasteiger partial charge in [0.1, 0.15) is 0 Å². The summed E-state index contributed by atoms with van der Waals surface area (Å²) in [5, 5.41) is 0.573. The lowest BCUT2D eigenvalue weighted by atomic mass is 10.1. The van der Waals surface area contributed by atoms with E-state index in [0.717, 1.165) is 5.56 Å². The molecule has 0 unspecified atom stereocenters. The molecule has 0 saturated heterocycles. The second-order valence-corrected chi connectivity index (χ2v) is 4.30. The number of alkyl halides is 3. The van der Waals surface area contributed by atoms with E-state index in [0.29, 0.717) is 29.1 Å². The maximum absolute atomic E-state index is 12.4.